The minimum atomic E-state index is -0.174. The van der Waals surface area contributed by atoms with E-state index in [2.05, 4.69) is 10.3 Å². The topological polar surface area (TPSA) is 82.5 Å². The summed E-state index contributed by atoms with van der Waals surface area (Å²) in [4.78, 5) is 29.2. The number of nitrogens with one attached hydrogen (secondary N) is 1. The number of para-hydroxylation sites is 1. The summed E-state index contributed by atoms with van der Waals surface area (Å²) in [6.07, 6.45) is 1.66. The van der Waals surface area contributed by atoms with Crippen LogP contribution in [0.1, 0.15) is 17.5 Å². The lowest BCUT2D eigenvalue weighted by Crippen LogP contribution is -2.27. The van der Waals surface area contributed by atoms with E-state index >= 15 is 0 Å². The molecule has 2 heterocycles. The second-order valence-electron chi connectivity index (χ2n) is 6.84. The average Bonchev–Trinajstić information content (AvgIpc) is 2.72. The maximum atomic E-state index is 12.6. The molecule has 0 fully saturated rings. The Labute approximate surface area is 172 Å². The van der Waals surface area contributed by atoms with Gasteiger partial charge in [-0.05, 0) is 36.2 Å². The van der Waals surface area contributed by atoms with Gasteiger partial charge in [0.25, 0.3) is 5.56 Å². The lowest BCUT2D eigenvalue weighted by atomic mass is 10.1. The third-order valence-electron chi connectivity index (χ3n) is 4.78. The van der Waals surface area contributed by atoms with E-state index < -0.39 is 0 Å². The molecule has 0 aliphatic carbocycles. The molecule has 1 N–H and O–H groups in total. The quantitative estimate of drug-likeness (QED) is 0.695. The zero-order chi connectivity index (χ0) is 20.4. The highest BCUT2D eigenvalue weighted by atomic mass is 35.5. The monoisotopic (exact) mass is 413 g/mol. The molecule has 1 aliphatic rings. The molecule has 0 spiro atoms. The lowest BCUT2D eigenvalue weighted by Gasteiger charge is -2.20. The minimum absolute atomic E-state index is 0.148. The highest BCUT2D eigenvalue weighted by Gasteiger charge is 2.17. The van der Waals surface area contributed by atoms with Gasteiger partial charge < -0.3 is 14.8 Å². The first-order chi connectivity index (χ1) is 14.0. The van der Waals surface area contributed by atoms with Crippen LogP contribution in [-0.4, -0.2) is 28.7 Å². The number of halogens is 1. The van der Waals surface area contributed by atoms with Crippen molar-refractivity contribution >= 4 is 28.4 Å². The Hall–Kier alpha value is -3.06. The van der Waals surface area contributed by atoms with Gasteiger partial charge in [-0.1, -0.05) is 23.7 Å². The molecule has 150 valence electrons. The molecule has 3 aromatic rings. The fraction of sp³-hybridized carbons (Fsp3) is 0.286. The third kappa shape index (κ3) is 4.05. The van der Waals surface area contributed by atoms with E-state index in [0.717, 1.165) is 11.1 Å². The summed E-state index contributed by atoms with van der Waals surface area (Å²) in [5, 5.41) is 3.85. The van der Waals surface area contributed by atoms with Crippen LogP contribution < -0.4 is 20.3 Å². The van der Waals surface area contributed by atoms with Gasteiger partial charge in [-0.15, -0.1) is 0 Å². The Morgan fingerprint density at radius 2 is 2.10 bits per heavy atom. The van der Waals surface area contributed by atoms with Crippen LogP contribution in [0.4, 0.5) is 0 Å². The summed E-state index contributed by atoms with van der Waals surface area (Å²) in [5.74, 6) is 0.941. The summed E-state index contributed by atoms with van der Waals surface area (Å²) >= 11 is 6.22. The first kappa shape index (κ1) is 19.3. The maximum Gasteiger partial charge on any atom is 0.261 e. The second-order valence-corrected chi connectivity index (χ2v) is 7.25. The van der Waals surface area contributed by atoms with E-state index in [-0.39, 0.29) is 24.4 Å². The molecule has 0 unspecified atom stereocenters. The van der Waals surface area contributed by atoms with E-state index in [1.807, 2.05) is 19.1 Å². The third-order valence-corrected chi connectivity index (χ3v) is 5.06. The summed E-state index contributed by atoms with van der Waals surface area (Å²) in [6, 6.07) is 9.04. The predicted molar refractivity (Wildman–Crippen MR) is 110 cm³/mol. The predicted octanol–water partition coefficient (Wildman–Crippen LogP) is 2.84. The van der Waals surface area contributed by atoms with Gasteiger partial charge in [0.15, 0.2) is 11.5 Å². The van der Waals surface area contributed by atoms with Gasteiger partial charge in [0.05, 0.1) is 22.3 Å². The molecule has 2 aromatic carbocycles. The van der Waals surface area contributed by atoms with Crippen molar-refractivity contribution in [1.82, 2.24) is 14.9 Å². The Balaban J connectivity index is 1.39. The molecule has 29 heavy (non-hydrogen) atoms. The Morgan fingerprint density at radius 1 is 1.28 bits per heavy atom. The van der Waals surface area contributed by atoms with Gasteiger partial charge in [-0.3, -0.25) is 14.2 Å². The molecule has 0 saturated carbocycles. The number of carbonyl (C=O) groups is 1. The van der Waals surface area contributed by atoms with E-state index in [4.69, 9.17) is 21.1 Å². The number of nitrogens with zero attached hydrogens (tertiary/aromatic N) is 2. The fourth-order valence-electron chi connectivity index (χ4n) is 3.27. The van der Waals surface area contributed by atoms with Gasteiger partial charge >= 0.3 is 0 Å². The second kappa shape index (κ2) is 8.13. The Bertz CT molecular complexity index is 1140. The summed E-state index contributed by atoms with van der Waals surface area (Å²) in [7, 11) is 0. The summed E-state index contributed by atoms with van der Waals surface area (Å²) in [6.45, 7) is 3.40. The van der Waals surface area contributed by atoms with E-state index in [9.17, 15) is 9.59 Å². The zero-order valence-electron chi connectivity index (χ0n) is 15.9. The first-order valence-electron chi connectivity index (χ1n) is 9.32. The molecule has 0 radical (unpaired) electrons. The molecule has 0 atom stereocenters. The average molecular weight is 414 g/mol. The molecule has 0 saturated heterocycles. The standard InChI is InChI=1S/C21H20ClN3O4/c1-13-3-2-4-15-19(13)24-12-25(21(15)27)6-5-18(26)23-11-14-9-16(22)20-17(10-14)28-7-8-29-20/h2-4,9-10,12H,5-8,11H2,1H3,(H,23,26). The smallest absolute Gasteiger partial charge is 0.261 e. The molecule has 0 bridgehead atoms. The summed E-state index contributed by atoms with van der Waals surface area (Å²) in [5.41, 5.74) is 2.30. The molecule has 1 aromatic heterocycles. The minimum Gasteiger partial charge on any atom is -0.486 e. The highest BCUT2D eigenvalue weighted by Crippen LogP contribution is 2.38. The number of hydrogen-bond acceptors (Lipinski definition) is 5. The largest absolute Gasteiger partial charge is 0.486 e. The van der Waals surface area contributed by atoms with Crippen molar-refractivity contribution in [2.45, 2.75) is 26.4 Å². The van der Waals surface area contributed by atoms with Crippen LogP contribution in [-0.2, 0) is 17.9 Å². The van der Waals surface area contributed by atoms with E-state index in [0.29, 0.717) is 47.2 Å². The van der Waals surface area contributed by atoms with Crippen LogP contribution in [0.2, 0.25) is 5.02 Å². The van der Waals surface area contributed by atoms with Gasteiger partial charge in [0.2, 0.25) is 5.91 Å². The van der Waals surface area contributed by atoms with Crippen LogP contribution in [0.25, 0.3) is 10.9 Å². The Kier molecular flexibility index (Phi) is 5.40. The molecule has 7 nitrogen and oxygen atoms in total. The lowest BCUT2D eigenvalue weighted by molar-refractivity contribution is -0.121. The van der Waals surface area contributed by atoms with Gasteiger partial charge in [-0.2, -0.15) is 0 Å². The van der Waals surface area contributed by atoms with Crippen LogP contribution in [0.3, 0.4) is 0 Å². The maximum absolute atomic E-state index is 12.6. The number of carbonyl (C=O) groups excluding carboxylic acids is 1. The Morgan fingerprint density at radius 3 is 2.97 bits per heavy atom. The van der Waals surface area contributed by atoms with Crippen molar-refractivity contribution in [3.63, 3.8) is 0 Å². The molecule has 4 rings (SSSR count). The SMILES string of the molecule is Cc1cccc2c(=O)n(CCC(=O)NCc3cc(Cl)c4c(c3)OCCO4)cnc12. The number of ether oxygens (including phenoxy) is 2. The number of fused-ring (bicyclic) bond motifs is 2. The van der Waals surface area contributed by atoms with Crippen molar-refractivity contribution in [3.05, 3.63) is 63.2 Å². The number of aromatic nitrogens is 2. The van der Waals surface area contributed by atoms with E-state index in [1.165, 1.54) is 10.9 Å². The fourth-order valence-corrected chi connectivity index (χ4v) is 3.56. The van der Waals surface area contributed by atoms with Crippen LogP contribution >= 0.6 is 11.6 Å². The van der Waals surface area contributed by atoms with Gasteiger partial charge in [0.1, 0.15) is 13.2 Å². The highest BCUT2D eigenvalue weighted by molar-refractivity contribution is 6.32. The van der Waals surface area contributed by atoms with Crippen molar-refractivity contribution in [1.29, 1.82) is 0 Å². The molecule has 8 heteroatoms. The number of aryl methyl sites for hydroxylation is 2. The number of hydrogen-bond donors (Lipinski definition) is 1. The van der Waals surface area contributed by atoms with Crippen molar-refractivity contribution in [2.24, 2.45) is 0 Å². The molecule has 1 aliphatic heterocycles. The molecular weight excluding hydrogens is 394 g/mol. The van der Waals surface area contributed by atoms with Crippen LogP contribution in [0.5, 0.6) is 11.5 Å². The molecular formula is C21H20ClN3O4. The van der Waals surface area contributed by atoms with Gasteiger partial charge in [0, 0.05) is 19.5 Å². The number of benzene rings is 2. The zero-order valence-corrected chi connectivity index (χ0v) is 16.7. The van der Waals surface area contributed by atoms with Crippen molar-refractivity contribution in [3.8, 4) is 11.5 Å². The normalized spacial score (nSPS) is 12.8. The van der Waals surface area contributed by atoms with Gasteiger partial charge in [-0.25, -0.2) is 4.98 Å². The summed E-state index contributed by atoms with van der Waals surface area (Å²) < 4.78 is 12.5. The molecule has 1 amide bonds. The van der Waals surface area contributed by atoms with Crippen molar-refractivity contribution in [2.75, 3.05) is 13.2 Å². The number of rotatable bonds is 5. The number of amides is 1. The van der Waals surface area contributed by atoms with Crippen LogP contribution in [0.15, 0.2) is 41.5 Å². The first-order valence-corrected chi connectivity index (χ1v) is 9.70. The van der Waals surface area contributed by atoms with Crippen molar-refractivity contribution < 1.29 is 14.3 Å². The van der Waals surface area contributed by atoms with E-state index in [1.54, 1.807) is 18.2 Å². The van der Waals surface area contributed by atoms with Crippen LogP contribution in [0, 0.1) is 6.92 Å².